The molecule has 0 saturated carbocycles. The standard InChI is InChI=1S/C15H12N4O2/c16-10-6-12(15(20)21)14(18-7-10)19-11-5-9-3-1-2-4-13(9)17-8-11/h1-8H,16H2,(H,18,19)(H,20,21). The lowest BCUT2D eigenvalue weighted by atomic mass is 10.2. The Morgan fingerprint density at radius 2 is 1.95 bits per heavy atom. The van der Waals surface area contributed by atoms with Crippen molar-refractivity contribution in [1.82, 2.24) is 9.97 Å². The molecule has 0 saturated heterocycles. The Kier molecular flexibility index (Phi) is 3.12. The Hall–Kier alpha value is -3.15. The lowest BCUT2D eigenvalue weighted by Gasteiger charge is -2.09. The minimum atomic E-state index is -1.09. The highest BCUT2D eigenvalue weighted by Gasteiger charge is 2.12. The first kappa shape index (κ1) is 12.9. The topological polar surface area (TPSA) is 101 Å². The number of aromatic carboxylic acids is 1. The molecule has 3 aromatic rings. The van der Waals surface area contributed by atoms with Gasteiger partial charge in [0.2, 0.25) is 0 Å². The predicted molar refractivity (Wildman–Crippen MR) is 80.6 cm³/mol. The number of carbonyl (C=O) groups is 1. The summed E-state index contributed by atoms with van der Waals surface area (Å²) in [5.41, 5.74) is 7.41. The predicted octanol–water partition coefficient (Wildman–Crippen LogP) is 2.65. The fraction of sp³-hybridized carbons (Fsp3) is 0. The van der Waals surface area contributed by atoms with E-state index in [4.69, 9.17) is 5.73 Å². The Labute approximate surface area is 120 Å². The van der Waals surface area contributed by atoms with Gasteiger partial charge in [0.15, 0.2) is 0 Å². The van der Waals surface area contributed by atoms with Crippen molar-refractivity contribution >= 4 is 34.1 Å². The van der Waals surface area contributed by atoms with Crippen LogP contribution in [0.3, 0.4) is 0 Å². The van der Waals surface area contributed by atoms with E-state index in [1.807, 2.05) is 30.3 Å². The molecule has 0 aliphatic carbocycles. The van der Waals surface area contributed by atoms with Crippen LogP contribution in [-0.4, -0.2) is 21.0 Å². The fourth-order valence-corrected chi connectivity index (χ4v) is 2.02. The summed E-state index contributed by atoms with van der Waals surface area (Å²) < 4.78 is 0. The summed E-state index contributed by atoms with van der Waals surface area (Å²) in [6.45, 7) is 0. The van der Waals surface area contributed by atoms with Gasteiger partial charge in [-0.2, -0.15) is 0 Å². The molecular formula is C15H12N4O2. The van der Waals surface area contributed by atoms with Gasteiger partial charge in [-0.15, -0.1) is 0 Å². The molecule has 1 aromatic carbocycles. The van der Waals surface area contributed by atoms with Crippen LogP contribution in [0, 0.1) is 0 Å². The van der Waals surface area contributed by atoms with Crippen molar-refractivity contribution in [2.75, 3.05) is 11.1 Å². The van der Waals surface area contributed by atoms with Crippen LogP contribution < -0.4 is 11.1 Å². The molecule has 0 atom stereocenters. The lowest BCUT2D eigenvalue weighted by Crippen LogP contribution is -2.06. The molecule has 0 amide bonds. The maximum atomic E-state index is 11.2. The van der Waals surface area contributed by atoms with E-state index in [-0.39, 0.29) is 11.4 Å². The van der Waals surface area contributed by atoms with Gasteiger partial charge in [0.05, 0.1) is 29.3 Å². The van der Waals surface area contributed by atoms with Crippen LogP contribution in [0.25, 0.3) is 10.9 Å². The number of hydrogen-bond donors (Lipinski definition) is 3. The smallest absolute Gasteiger partial charge is 0.339 e. The largest absolute Gasteiger partial charge is 0.478 e. The van der Waals surface area contributed by atoms with E-state index in [0.29, 0.717) is 11.4 Å². The fourth-order valence-electron chi connectivity index (χ4n) is 2.02. The number of anilines is 3. The van der Waals surface area contributed by atoms with Gasteiger partial charge in [-0.3, -0.25) is 4.98 Å². The number of aromatic nitrogens is 2. The molecule has 0 bridgehead atoms. The number of rotatable bonds is 3. The number of nitrogens with zero attached hydrogens (tertiary/aromatic N) is 2. The number of para-hydroxylation sites is 1. The van der Waals surface area contributed by atoms with Crippen molar-refractivity contribution < 1.29 is 9.90 Å². The van der Waals surface area contributed by atoms with Gasteiger partial charge in [-0.05, 0) is 18.2 Å². The molecule has 0 aliphatic heterocycles. The normalized spacial score (nSPS) is 10.5. The summed E-state index contributed by atoms with van der Waals surface area (Å²) in [6.07, 6.45) is 3.04. The van der Waals surface area contributed by atoms with Crippen LogP contribution in [0.2, 0.25) is 0 Å². The number of nitrogen functional groups attached to an aromatic ring is 1. The van der Waals surface area contributed by atoms with Crippen molar-refractivity contribution in [3.8, 4) is 0 Å². The van der Waals surface area contributed by atoms with Crippen LogP contribution in [0.15, 0.2) is 48.8 Å². The van der Waals surface area contributed by atoms with Gasteiger partial charge in [0.1, 0.15) is 11.4 Å². The van der Waals surface area contributed by atoms with Gasteiger partial charge < -0.3 is 16.2 Å². The second-order valence-corrected chi connectivity index (χ2v) is 4.51. The van der Waals surface area contributed by atoms with Gasteiger partial charge in [-0.25, -0.2) is 9.78 Å². The number of hydrogen-bond acceptors (Lipinski definition) is 5. The van der Waals surface area contributed by atoms with Crippen molar-refractivity contribution in [3.63, 3.8) is 0 Å². The summed E-state index contributed by atoms with van der Waals surface area (Å²) in [7, 11) is 0. The van der Waals surface area contributed by atoms with Crippen LogP contribution >= 0.6 is 0 Å². The van der Waals surface area contributed by atoms with Crippen molar-refractivity contribution in [1.29, 1.82) is 0 Å². The maximum Gasteiger partial charge on any atom is 0.339 e. The molecule has 0 fully saturated rings. The molecule has 0 unspecified atom stereocenters. The SMILES string of the molecule is Nc1cnc(Nc2cnc3ccccc3c2)c(C(=O)O)c1. The first-order valence-corrected chi connectivity index (χ1v) is 6.24. The van der Waals surface area contributed by atoms with Gasteiger partial charge in [0, 0.05) is 5.39 Å². The maximum absolute atomic E-state index is 11.2. The molecule has 6 nitrogen and oxygen atoms in total. The average molecular weight is 280 g/mol. The van der Waals surface area contributed by atoms with Crippen LogP contribution in [0.4, 0.5) is 17.2 Å². The molecule has 2 aromatic heterocycles. The molecule has 6 heteroatoms. The first-order valence-electron chi connectivity index (χ1n) is 6.24. The van der Waals surface area contributed by atoms with Crippen LogP contribution in [-0.2, 0) is 0 Å². The zero-order valence-corrected chi connectivity index (χ0v) is 10.9. The zero-order chi connectivity index (χ0) is 14.8. The number of nitrogens with two attached hydrogens (primary N) is 1. The molecule has 3 rings (SSSR count). The van der Waals surface area contributed by atoms with E-state index in [9.17, 15) is 9.90 Å². The van der Waals surface area contributed by atoms with Crippen molar-refractivity contribution in [2.24, 2.45) is 0 Å². The highest BCUT2D eigenvalue weighted by Crippen LogP contribution is 2.22. The third-order valence-corrected chi connectivity index (χ3v) is 2.99. The number of pyridine rings is 2. The molecule has 21 heavy (non-hydrogen) atoms. The highest BCUT2D eigenvalue weighted by molar-refractivity contribution is 5.95. The minimum Gasteiger partial charge on any atom is -0.478 e. The van der Waals surface area contributed by atoms with Crippen molar-refractivity contribution in [2.45, 2.75) is 0 Å². The quantitative estimate of drug-likeness (QED) is 0.681. The Balaban J connectivity index is 2.00. The number of carboxylic acids is 1. The lowest BCUT2D eigenvalue weighted by molar-refractivity contribution is 0.0697. The summed E-state index contributed by atoms with van der Waals surface area (Å²) in [5, 5.41) is 13.1. The van der Waals surface area contributed by atoms with Gasteiger partial charge >= 0.3 is 5.97 Å². The third kappa shape index (κ3) is 2.59. The van der Waals surface area contributed by atoms with Crippen molar-refractivity contribution in [3.05, 3.63) is 54.4 Å². The van der Waals surface area contributed by atoms with Gasteiger partial charge in [0.25, 0.3) is 0 Å². The Bertz CT molecular complexity index is 833. The molecule has 104 valence electrons. The van der Waals surface area contributed by atoms with E-state index in [1.165, 1.54) is 12.3 Å². The molecule has 0 radical (unpaired) electrons. The molecule has 2 heterocycles. The van der Waals surface area contributed by atoms with E-state index in [2.05, 4.69) is 15.3 Å². The third-order valence-electron chi connectivity index (χ3n) is 2.99. The zero-order valence-electron chi connectivity index (χ0n) is 10.9. The average Bonchev–Trinajstić information content (AvgIpc) is 2.49. The second-order valence-electron chi connectivity index (χ2n) is 4.51. The number of carboxylic acid groups (broad SMARTS) is 1. The number of benzene rings is 1. The number of nitrogens with one attached hydrogen (secondary N) is 1. The van der Waals surface area contributed by atoms with Gasteiger partial charge in [-0.1, -0.05) is 18.2 Å². The molecule has 0 aliphatic rings. The monoisotopic (exact) mass is 280 g/mol. The number of fused-ring (bicyclic) bond motifs is 1. The summed E-state index contributed by atoms with van der Waals surface area (Å²) >= 11 is 0. The first-order chi connectivity index (χ1) is 10.1. The summed E-state index contributed by atoms with van der Waals surface area (Å²) in [6, 6.07) is 10.9. The van der Waals surface area contributed by atoms with E-state index < -0.39 is 5.97 Å². The summed E-state index contributed by atoms with van der Waals surface area (Å²) in [5.74, 6) is -0.861. The van der Waals surface area contributed by atoms with E-state index >= 15 is 0 Å². The molecule has 4 N–H and O–H groups in total. The second kappa shape index (κ2) is 5.09. The van der Waals surface area contributed by atoms with Crippen LogP contribution in [0.5, 0.6) is 0 Å². The minimum absolute atomic E-state index is 0.0168. The van der Waals surface area contributed by atoms with E-state index in [1.54, 1.807) is 6.20 Å². The highest BCUT2D eigenvalue weighted by atomic mass is 16.4. The Morgan fingerprint density at radius 3 is 2.76 bits per heavy atom. The van der Waals surface area contributed by atoms with Crippen LogP contribution in [0.1, 0.15) is 10.4 Å². The summed E-state index contributed by atoms with van der Waals surface area (Å²) in [4.78, 5) is 19.6. The Morgan fingerprint density at radius 1 is 1.14 bits per heavy atom. The van der Waals surface area contributed by atoms with E-state index in [0.717, 1.165) is 10.9 Å². The molecular weight excluding hydrogens is 268 g/mol. The molecule has 0 spiro atoms.